The van der Waals surface area contributed by atoms with Crippen LogP contribution in [0.4, 0.5) is 5.69 Å². The van der Waals surface area contributed by atoms with E-state index >= 15 is 0 Å². The predicted molar refractivity (Wildman–Crippen MR) is 119 cm³/mol. The van der Waals surface area contributed by atoms with Crippen LogP contribution in [-0.4, -0.2) is 17.5 Å². The number of benzene rings is 2. The number of anilines is 1. The van der Waals surface area contributed by atoms with E-state index in [1.165, 1.54) is 0 Å². The highest BCUT2D eigenvalue weighted by Gasteiger charge is 2.28. The van der Waals surface area contributed by atoms with Crippen molar-refractivity contribution in [2.45, 2.75) is 26.2 Å². The Bertz CT molecular complexity index is 1120. The molecule has 0 spiro atoms. The highest BCUT2D eigenvalue weighted by atomic mass is 79.9. The lowest BCUT2D eigenvalue weighted by atomic mass is 9.93. The summed E-state index contributed by atoms with van der Waals surface area (Å²) >= 11 is 3.35. The maximum absolute atomic E-state index is 12.7. The van der Waals surface area contributed by atoms with Crippen molar-refractivity contribution in [2.24, 2.45) is 5.10 Å². The molecule has 0 bridgehead atoms. The number of rotatable bonds is 4. The van der Waals surface area contributed by atoms with Gasteiger partial charge in [-0.1, -0.05) is 34.1 Å². The fraction of sp³-hybridized carbons (Fsp3) is 0.174. The lowest BCUT2D eigenvalue weighted by molar-refractivity contribution is 0.0953. The van der Waals surface area contributed by atoms with E-state index in [0.717, 1.165) is 39.9 Å². The van der Waals surface area contributed by atoms with Gasteiger partial charge in [0.05, 0.1) is 5.71 Å². The fourth-order valence-electron chi connectivity index (χ4n) is 3.49. The van der Waals surface area contributed by atoms with E-state index < -0.39 is 0 Å². The third kappa shape index (κ3) is 4.21. The largest absolute Gasteiger partial charge is 0.455 e. The zero-order valence-corrected chi connectivity index (χ0v) is 18.0. The molecule has 0 aliphatic heterocycles. The summed E-state index contributed by atoms with van der Waals surface area (Å²) in [6.45, 7) is 1.85. The minimum absolute atomic E-state index is 0.276. The van der Waals surface area contributed by atoms with E-state index in [9.17, 15) is 9.59 Å². The molecule has 1 heterocycles. The molecule has 6 nitrogen and oxygen atoms in total. The average Bonchev–Trinajstić information content (AvgIpc) is 3.10. The zero-order chi connectivity index (χ0) is 21.1. The van der Waals surface area contributed by atoms with Crippen LogP contribution in [0.15, 0.2) is 68.6 Å². The molecule has 1 aliphatic carbocycles. The van der Waals surface area contributed by atoms with Crippen molar-refractivity contribution in [3.05, 3.63) is 87.3 Å². The smallest absolute Gasteiger partial charge is 0.291 e. The first-order valence-electron chi connectivity index (χ1n) is 9.64. The molecule has 2 N–H and O–H groups in total. The third-order valence-corrected chi connectivity index (χ3v) is 5.49. The van der Waals surface area contributed by atoms with Crippen molar-refractivity contribution >= 4 is 39.1 Å². The first-order chi connectivity index (χ1) is 14.5. The molecule has 2 amide bonds. The van der Waals surface area contributed by atoms with Crippen LogP contribution < -0.4 is 10.7 Å². The van der Waals surface area contributed by atoms with Crippen LogP contribution in [0.1, 0.15) is 50.6 Å². The quantitative estimate of drug-likeness (QED) is 0.527. The molecule has 4 rings (SSSR count). The Morgan fingerprint density at radius 3 is 2.47 bits per heavy atom. The first kappa shape index (κ1) is 20.1. The molecule has 3 aromatic rings. The molecule has 0 radical (unpaired) electrons. The Kier molecular flexibility index (Phi) is 5.81. The molecule has 7 heteroatoms. The number of hydrogen-bond donors (Lipinski definition) is 2. The van der Waals surface area contributed by atoms with Gasteiger partial charge in [0.2, 0.25) is 0 Å². The number of fused-ring (bicyclic) bond motifs is 1. The molecule has 0 atom stereocenters. The average molecular weight is 466 g/mol. The van der Waals surface area contributed by atoms with Crippen molar-refractivity contribution in [2.75, 3.05) is 5.32 Å². The van der Waals surface area contributed by atoms with Crippen LogP contribution in [0.3, 0.4) is 0 Å². The number of hydrogen-bond acceptors (Lipinski definition) is 4. The number of carbonyl (C=O) groups excluding carboxylic acids is 2. The van der Waals surface area contributed by atoms with E-state index in [2.05, 4.69) is 31.8 Å². The van der Waals surface area contributed by atoms with Crippen molar-refractivity contribution in [1.29, 1.82) is 0 Å². The van der Waals surface area contributed by atoms with Gasteiger partial charge in [0.1, 0.15) is 5.76 Å². The Labute approximate surface area is 182 Å². The normalized spacial score (nSPS) is 14.3. The van der Waals surface area contributed by atoms with E-state index in [4.69, 9.17) is 4.42 Å². The maximum atomic E-state index is 12.7. The van der Waals surface area contributed by atoms with Crippen molar-refractivity contribution in [3.8, 4) is 0 Å². The van der Waals surface area contributed by atoms with E-state index in [0.29, 0.717) is 17.7 Å². The predicted octanol–water partition coefficient (Wildman–Crippen LogP) is 5.07. The molecule has 1 aliphatic rings. The topological polar surface area (TPSA) is 83.7 Å². The third-order valence-electron chi connectivity index (χ3n) is 4.96. The van der Waals surface area contributed by atoms with Crippen molar-refractivity contribution < 1.29 is 14.0 Å². The van der Waals surface area contributed by atoms with Gasteiger partial charge >= 0.3 is 0 Å². The van der Waals surface area contributed by atoms with E-state index in [-0.39, 0.29) is 17.6 Å². The van der Waals surface area contributed by atoms with Crippen LogP contribution in [0.2, 0.25) is 0 Å². The lowest BCUT2D eigenvalue weighted by Gasteiger charge is -2.13. The second kappa shape index (κ2) is 8.67. The highest BCUT2D eigenvalue weighted by molar-refractivity contribution is 9.10. The Morgan fingerprint density at radius 1 is 1.00 bits per heavy atom. The summed E-state index contributed by atoms with van der Waals surface area (Å²) in [7, 11) is 0. The number of aryl methyl sites for hydroxylation is 1. The number of carbonyl (C=O) groups is 2. The van der Waals surface area contributed by atoms with Gasteiger partial charge < -0.3 is 9.73 Å². The number of hydrazone groups is 1. The summed E-state index contributed by atoms with van der Waals surface area (Å²) < 4.78 is 6.80. The molecule has 1 aromatic heterocycles. The molecule has 0 fully saturated rings. The van der Waals surface area contributed by atoms with Gasteiger partial charge in [-0.15, -0.1) is 0 Å². The highest BCUT2D eigenvalue weighted by Crippen LogP contribution is 2.30. The van der Waals surface area contributed by atoms with Gasteiger partial charge in [0.25, 0.3) is 11.8 Å². The van der Waals surface area contributed by atoms with E-state index in [1.54, 1.807) is 24.3 Å². The van der Waals surface area contributed by atoms with E-state index in [1.807, 2.05) is 37.3 Å². The summed E-state index contributed by atoms with van der Waals surface area (Å²) in [6.07, 6.45) is 2.27. The number of furan rings is 1. The summed E-state index contributed by atoms with van der Waals surface area (Å²) in [4.78, 5) is 25.1. The van der Waals surface area contributed by atoms with Gasteiger partial charge in [0, 0.05) is 33.3 Å². The van der Waals surface area contributed by atoms with Gasteiger partial charge in [-0.2, -0.15) is 5.10 Å². The molecular weight excluding hydrogens is 446 g/mol. The number of halogens is 1. The second-order valence-electron chi connectivity index (χ2n) is 7.03. The van der Waals surface area contributed by atoms with Gasteiger partial charge in [-0.05, 0) is 56.2 Å². The fourth-order valence-corrected chi connectivity index (χ4v) is 3.75. The number of amides is 2. The lowest BCUT2D eigenvalue weighted by Crippen LogP contribution is -2.22. The molecule has 0 saturated heterocycles. The van der Waals surface area contributed by atoms with Crippen LogP contribution in [0.5, 0.6) is 0 Å². The zero-order valence-electron chi connectivity index (χ0n) is 16.4. The van der Waals surface area contributed by atoms with Crippen molar-refractivity contribution in [1.82, 2.24) is 5.43 Å². The Balaban J connectivity index is 1.56. The minimum atomic E-state index is -0.300. The summed E-state index contributed by atoms with van der Waals surface area (Å²) in [6, 6.07) is 16.3. The number of nitrogens with one attached hydrogen (secondary N) is 2. The first-order valence-corrected chi connectivity index (χ1v) is 10.4. The monoisotopic (exact) mass is 465 g/mol. The van der Waals surface area contributed by atoms with Gasteiger partial charge in [0.15, 0.2) is 5.76 Å². The Morgan fingerprint density at radius 2 is 1.73 bits per heavy atom. The minimum Gasteiger partial charge on any atom is -0.455 e. The molecule has 0 unspecified atom stereocenters. The number of para-hydroxylation sites is 1. The van der Waals surface area contributed by atoms with Crippen LogP contribution in [0, 0.1) is 6.92 Å². The molecule has 2 aromatic carbocycles. The van der Waals surface area contributed by atoms with Crippen LogP contribution >= 0.6 is 15.9 Å². The van der Waals surface area contributed by atoms with Gasteiger partial charge in [-0.25, -0.2) is 5.43 Å². The van der Waals surface area contributed by atoms with Gasteiger partial charge in [-0.3, -0.25) is 9.59 Å². The summed E-state index contributed by atoms with van der Waals surface area (Å²) in [5.74, 6) is 0.419. The maximum Gasteiger partial charge on any atom is 0.291 e. The van der Waals surface area contributed by atoms with Crippen LogP contribution in [-0.2, 0) is 6.42 Å². The number of nitrogens with zero attached hydrogens (tertiary/aromatic N) is 1. The summed E-state index contributed by atoms with van der Waals surface area (Å²) in [5.41, 5.74) is 6.12. The molecule has 152 valence electrons. The standard InChI is InChI=1S/C23H20BrN3O3/c1-14-20-18(26-27-22(28)15-10-12-16(24)13-11-15)8-5-9-19(20)30-21(14)23(29)25-17-6-3-2-4-7-17/h2-4,6-7,10-13H,5,8-9H2,1H3,(H,25,29)(H,27,28)/b26-18+. The molecule has 30 heavy (non-hydrogen) atoms. The summed E-state index contributed by atoms with van der Waals surface area (Å²) in [5, 5.41) is 7.21. The Hall–Kier alpha value is -3.19. The molecular formula is C23H20BrN3O3. The molecule has 0 saturated carbocycles. The SMILES string of the molecule is Cc1c(C(=O)Nc2ccccc2)oc2c1/C(=N/NC(=O)c1ccc(Br)cc1)CCC2. The van der Waals surface area contributed by atoms with Crippen molar-refractivity contribution in [3.63, 3.8) is 0 Å². The van der Waals surface area contributed by atoms with Crippen LogP contribution in [0.25, 0.3) is 0 Å². The second-order valence-corrected chi connectivity index (χ2v) is 7.95.